The van der Waals surface area contributed by atoms with Gasteiger partial charge in [0.2, 0.25) is 0 Å². The van der Waals surface area contributed by atoms with Crippen molar-refractivity contribution >= 4 is 5.97 Å². The summed E-state index contributed by atoms with van der Waals surface area (Å²) >= 11 is 0. The Morgan fingerprint density at radius 1 is 1.42 bits per heavy atom. The summed E-state index contributed by atoms with van der Waals surface area (Å²) in [5, 5.41) is 0. The van der Waals surface area contributed by atoms with Crippen LogP contribution in [0.15, 0.2) is 61.2 Å². The van der Waals surface area contributed by atoms with Crippen molar-refractivity contribution in [1.29, 1.82) is 0 Å². The lowest BCUT2D eigenvalue weighted by Crippen LogP contribution is -2.18. The van der Waals surface area contributed by atoms with Gasteiger partial charge in [-0.15, -0.1) is 0 Å². The van der Waals surface area contributed by atoms with E-state index in [1.54, 1.807) is 43.4 Å². The normalized spacial score (nSPS) is 12.6. The maximum Gasteiger partial charge on any atom is 0.310 e. The molecule has 1 aromatic carbocycles. The third-order valence-electron chi connectivity index (χ3n) is 2.62. The van der Waals surface area contributed by atoms with Gasteiger partial charge in [0.15, 0.2) is 0 Å². The fraction of sp³-hybridized carbons (Fsp3) is 0.188. The molecule has 0 N–H and O–H groups in total. The van der Waals surface area contributed by atoms with Crippen LogP contribution in [0.25, 0.3) is 0 Å². The minimum Gasteiger partial charge on any atom is -0.458 e. The van der Waals surface area contributed by atoms with Gasteiger partial charge in [-0.25, -0.2) is 4.39 Å². The van der Waals surface area contributed by atoms with Gasteiger partial charge in [-0.05, 0) is 24.1 Å². The number of carbonyl (C=O) groups is 1. The number of carbonyl (C=O) groups excluding carboxylic acids is 1. The van der Waals surface area contributed by atoms with Crippen molar-refractivity contribution in [2.24, 2.45) is 0 Å². The molecular weight excluding hydrogens is 243 g/mol. The van der Waals surface area contributed by atoms with E-state index in [-0.39, 0.29) is 6.42 Å². The van der Waals surface area contributed by atoms with Gasteiger partial charge in [-0.1, -0.05) is 49.6 Å². The Hall–Kier alpha value is -2.16. The number of ether oxygens (including phenoxy) is 1. The Morgan fingerprint density at radius 3 is 2.68 bits per heavy atom. The molecule has 0 bridgehead atoms. The zero-order valence-corrected chi connectivity index (χ0v) is 10.9. The number of allylic oxidation sites excluding steroid dienone is 2. The Kier molecular flexibility index (Phi) is 5.73. The molecule has 0 fully saturated rings. The van der Waals surface area contributed by atoms with Crippen LogP contribution >= 0.6 is 0 Å². The molecule has 0 aliphatic heterocycles. The van der Waals surface area contributed by atoms with E-state index in [1.165, 1.54) is 6.07 Å². The van der Waals surface area contributed by atoms with Gasteiger partial charge in [0.05, 0.1) is 6.42 Å². The first-order valence-electron chi connectivity index (χ1n) is 5.96. The van der Waals surface area contributed by atoms with E-state index in [0.717, 1.165) is 5.57 Å². The summed E-state index contributed by atoms with van der Waals surface area (Å²) in [5.41, 5.74) is 1.07. The summed E-state index contributed by atoms with van der Waals surface area (Å²) in [6.45, 7) is 8.95. The van der Waals surface area contributed by atoms with Crippen LogP contribution in [0.4, 0.5) is 4.39 Å². The van der Waals surface area contributed by atoms with Gasteiger partial charge in [-0.2, -0.15) is 0 Å². The average molecular weight is 260 g/mol. The van der Waals surface area contributed by atoms with Gasteiger partial charge >= 0.3 is 5.97 Å². The molecule has 1 unspecified atom stereocenters. The number of rotatable bonds is 6. The Morgan fingerprint density at radius 2 is 2.11 bits per heavy atom. The van der Waals surface area contributed by atoms with Crippen molar-refractivity contribution < 1.29 is 13.9 Å². The fourth-order valence-corrected chi connectivity index (χ4v) is 1.61. The van der Waals surface area contributed by atoms with Crippen LogP contribution in [-0.4, -0.2) is 12.1 Å². The minimum atomic E-state index is -0.477. The molecule has 1 rings (SSSR count). The second-order valence-electron chi connectivity index (χ2n) is 4.01. The smallest absolute Gasteiger partial charge is 0.310 e. The van der Waals surface area contributed by atoms with Crippen LogP contribution in [0.2, 0.25) is 0 Å². The summed E-state index contributed by atoms with van der Waals surface area (Å²) in [5.74, 6) is -0.882. The van der Waals surface area contributed by atoms with Crippen LogP contribution < -0.4 is 0 Å². The van der Waals surface area contributed by atoms with E-state index >= 15 is 0 Å². The van der Waals surface area contributed by atoms with Crippen molar-refractivity contribution in [3.05, 3.63) is 72.6 Å². The molecule has 0 aliphatic carbocycles. The average Bonchev–Trinajstić information content (AvgIpc) is 2.38. The lowest BCUT2D eigenvalue weighted by molar-refractivity contribution is -0.145. The molecule has 1 aromatic rings. The quantitative estimate of drug-likeness (QED) is 0.577. The van der Waals surface area contributed by atoms with Crippen molar-refractivity contribution in [3.8, 4) is 0 Å². The number of hydrogen-bond acceptors (Lipinski definition) is 2. The lowest BCUT2D eigenvalue weighted by atomic mass is 10.1. The first-order valence-corrected chi connectivity index (χ1v) is 5.96. The third-order valence-corrected chi connectivity index (χ3v) is 2.62. The number of hydrogen-bond donors (Lipinski definition) is 0. The predicted molar refractivity (Wildman–Crippen MR) is 74.1 cm³/mol. The molecule has 0 amide bonds. The second kappa shape index (κ2) is 7.31. The first kappa shape index (κ1) is 14.9. The van der Waals surface area contributed by atoms with E-state index in [0.29, 0.717) is 5.56 Å². The van der Waals surface area contributed by atoms with Crippen LogP contribution in [0.5, 0.6) is 0 Å². The number of halogens is 1. The second-order valence-corrected chi connectivity index (χ2v) is 4.01. The van der Waals surface area contributed by atoms with E-state index in [1.807, 2.05) is 0 Å². The van der Waals surface area contributed by atoms with Crippen LogP contribution in [0.3, 0.4) is 0 Å². The zero-order valence-electron chi connectivity index (χ0n) is 10.9. The topological polar surface area (TPSA) is 26.3 Å². The Labute approximate surface area is 112 Å². The summed E-state index contributed by atoms with van der Waals surface area (Å²) < 4.78 is 18.6. The minimum absolute atomic E-state index is 0.0878. The predicted octanol–water partition coefficient (Wildman–Crippen LogP) is 3.60. The van der Waals surface area contributed by atoms with Crippen molar-refractivity contribution in [1.82, 2.24) is 0 Å². The summed E-state index contributed by atoms with van der Waals surface area (Å²) in [6.07, 6.45) is 4.39. The molecule has 19 heavy (non-hydrogen) atoms. The van der Waals surface area contributed by atoms with Gasteiger partial charge in [0.1, 0.15) is 11.9 Å². The molecule has 0 aliphatic rings. The summed E-state index contributed by atoms with van der Waals surface area (Å²) in [6, 6.07) is 6.14. The highest BCUT2D eigenvalue weighted by Gasteiger charge is 2.14. The highest BCUT2D eigenvalue weighted by atomic mass is 19.1. The summed E-state index contributed by atoms with van der Waals surface area (Å²) in [7, 11) is 0. The van der Waals surface area contributed by atoms with Gasteiger partial charge < -0.3 is 4.74 Å². The van der Waals surface area contributed by atoms with Gasteiger partial charge in [0.25, 0.3) is 0 Å². The molecule has 3 heteroatoms. The fourth-order valence-electron chi connectivity index (χ4n) is 1.61. The standard InChI is InChI=1S/C16H17FO2/c1-4-8-13(5-2)12(3)19-16(18)11-14-9-6-7-10-15(14)17/h4-10,12H,1-2,11H2,3H3/b13-8+. The molecule has 0 radical (unpaired) electrons. The molecule has 0 aromatic heterocycles. The number of esters is 1. The first-order chi connectivity index (χ1) is 9.08. The molecule has 2 nitrogen and oxygen atoms in total. The Bertz CT molecular complexity index is 503. The lowest BCUT2D eigenvalue weighted by Gasteiger charge is -2.14. The third kappa shape index (κ3) is 4.54. The maximum absolute atomic E-state index is 13.4. The maximum atomic E-state index is 13.4. The number of benzene rings is 1. The molecule has 0 saturated heterocycles. The van der Waals surface area contributed by atoms with Gasteiger partial charge in [-0.3, -0.25) is 4.79 Å². The molecular formula is C16H17FO2. The molecule has 1 atom stereocenters. The SMILES string of the molecule is C=C/C=C(\C=C)C(C)OC(=O)Cc1ccccc1F. The molecule has 0 saturated carbocycles. The highest BCUT2D eigenvalue weighted by Crippen LogP contribution is 2.12. The molecule has 100 valence electrons. The van der Waals surface area contributed by atoms with E-state index < -0.39 is 17.9 Å². The van der Waals surface area contributed by atoms with Crippen molar-refractivity contribution in [2.75, 3.05) is 0 Å². The van der Waals surface area contributed by atoms with Crippen molar-refractivity contribution in [2.45, 2.75) is 19.4 Å². The van der Waals surface area contributed by atoms with Crippen molar-refractivity contribution in [3.63, 3.8) is 0 Å². The molecule has 0 heterocycles. The van der Waals surface area contributed by atoms with Crippen LogP contribution in [0, 0.1) is 5.82 Å². The van der Waals surface area contributed by atoms with E-state index in [9.17, 15) is 9.18 Å². The monoisotopic (exact) mass is 260 g/mol. The molecule has 0 spiro atoms. The highest BCUT2D eigenvalue weighted by molar-refractivity contribution is 5.73. The zero-order chi connectivity index (χ0) is 14.3. The van der Waals surface area contributed by atoms with Crippen LogP contribution in [-0.2, 0) is 16.0 Å². The largest absolute Gasteiger partial charge is 0.458 e. The van der Waals surface area contributed by atoms with Crippen LogP contribution in [0.1, 0.15) is 12.5 Å². The van der Waals surface area contributed by atoms with Gasteiger partial charge in [0, 0.05) is 0 Å². The van der Waals surface area contributed by atoms with E-state index in [2.05, 4.69) is 13.2 Å². The Balaban J connectivity index is 2.66. The summed E-state index contributed by atoms with van der Waals surface area (Å²) in [4.78, 5) is 11.7. The van der Waals surface area contributed by atoms with E-state index in [4.69, 9.17) is 4.74 Å².